The van der Waals surface area contributed by atoms with Crippen molar-refractivity contribution in [2.75, 3.05) is 16.6 Å². The maximum atomic E-state index is 13.6. The molecule has 0 saturated heterocycles. The number of carbonyl (C=O) groups excluding carboxylic acids is 1. The molecule has 1 amide bonds. The van der Waals surface area contributed by atoms with E-state index < -0.39 is 23.5 Å². The average molecular weight is 515 g/mol. The molecule has 4 aromatic rings. The molecule has 0 unspecified atom stereocenters. The van der Waals surface area contributed by atoms with E-state index in [1.807, 2.05) is 0 Å². The van der Waals surface area contributed by atoms with Gasteiger partial charge in [0.25, 0.3) is 5.91 Å². The summed E-state index contributed by atoms with van der Waals surface area (Å²) >= 11 is 0.913. The van der Waals surface area contributed by atoms with Gasteiger partial charge in [-0.25, -0.2) is 14.1 Å². The molecule has 0 aliphatic heterocycles. The maximum Gasteiger partial charge on any atom is 0.416 e. The number of carbonyl (C=O) groups is 1. The molecule has 2 N–H and O–H groups in total. The Hall–Kier alpha value is -4.19. The minimum Gasteiger partial charge on any atom is -0.335 e. The molecular weight excluding hydrogens is 496 g/mol. The Balaban J connectivity index is 1.58. The fourth-order valence-electron chi connectivity index (χ4n) is 3.14. The average Bonchev–Trinajstić information content (AvgIpc) is 3.23. The minimum absolute atomic E-state index is 0.0581. The van der Waals surface area contributed by atoms with Gasteiger partial charge >= 0.3 is 6.18 Å². The second-order valence-corrected chi connectivity index (χ2v) is 8.33. The molecule has 0 atom stereocenters. The highest BCUT2D eigenvalue weighted by atomic mass is 32.2. The number of nitrogens with two attached hydrogens (primary N) is 1. The van der Waals surface area contributed by atoms with Gasteiger partial charge in [0.2, 0.25) is 5.16 Å². The second-order valence-electron chi connectivity index (χ2n) is 7.38. The summed E-state index contributed by atoms with van der Waals surface area (Å²) in [6.45, 7) is 0. The lowest BCUT2D eigenvalue weighted by Gasteiger charge is -2.18. The van der Waals surface area contributed by atoms with Gasteiger partial charge in [0.15, 0.2) is 5.82 Å². The first-order valence-electron chi connectivity index (χ1n) is 10.4. The smallest absolute Gasteiger partial charge is 0.335 e. The lowest BCUT2D eigenvalue weighted by Crippen LogP contribution is -2.28. The number of nitrogen functional groups attached to an aromatic ring is 1. The van der Waals surface area contributed by atoms with Gasteiger partial charge in [-0.15, -0.1) is 10.2 Å². The van der Waals surface area contributed by atoms with E-state index in [9.17, 15) is 22.4 Å². The quantitative estimate of drug-likeness (QED) is 0.124. The van der Waals surface area contributed by atoms with Crippen LogP contribution < -0.4 is 10.9 Å². The number of rotatable bonds is 7. The van der Waals surface area contributed by atoms with Crippen molar-refractivity contribution in [1.29, 1.82) is 0 Å². The Morgan fingerprint density at radius 3 is 2.50 bits per heavy atom. The third-order valence-corrected chi connectivity index (χ3v) is 5.78. The summed E-state index contributed by atoms with van der Waals surface area (Å²) < 4.78 is 54.4. The number of benzene rings is 3. The molecular formula is C24H18F4N6OS. The number of aromatic nitrogens is 3. The third kappa shape index (κ3) is 5.89. The standard InChI is InChI=1S/C24H18F4N6OS/c25-19-10-4-8-17(12-19)22-31-32-23(33(22)29)36-15-21(35)34(30-14-16-6-2-1-3-7-16)20-11-5-9-18(13-20)24(26,27)28/h1-14H,15,29H2/b30-14+. The van der Waals surface area contributed by atoms with E-state index in [0.29, 0.717) is 11.1 Å². The molecule has 0 aliphatic carbocycles. The Bertz CT molecular complexity index is 1390. The number of thioether (sulfide) groups is 1. The van der Waals surface area contributed by atoms with Crippen LogP contribution in [0.25, 0.3) is 11.4 Å². The molecule has 1 heterocycles. The van der Waals surface area contributed by atoms with Gasteiger partial charge in [-0.3, -0.25) is 4.79 Å². The normalized spacial score (nSPS) is 11.7. The van der Waals surface area contributed by atoms with Gasteiger partial charge < -0.3 is 5.84 Å². The predicted octanol–water partition coefficient (Wildman–Crippen LogP) is 4.98. The Kier molecular flexibility index (Phi) is 7.34. The summed E-state index contributed by atoms with van der Waals surface area (Å²) in [5, 5.41) is 13.1. The van der Waals surface area contributed by atoms with Crippen LogP contribution in [0, 0.1) is 5.82 Å². The van der Waals surface area contributed by atoms with Gasteiger partial charge in [0.1, 0.15) is 5.82 Å². The molecule has 0 bridgehead atoms. The summed E-state index contributed by atoms with van der Waals surface area (Å²) in [7, 11) is 0. The van der Waals surface area contributed by atoms with Crippen LogP contribution in [-0.4, -0.2) is 32.7 Å². The van der Waals surface area contributed by atoms with Crippen LogP contribution in [-0.2, 0) is 11.0 Å². The van der Waals surface area contributed by atoms with Crippen molar-refractivity contribution >= 4 is 29.6 Å². The number of hydrogen-bond acceptors (Lipinski definition) is 6. The first kappa shape index (κ1) is 24.9. The van der Waals surface area contributed by atoms with Crippen molar-refractivity contribution in [3.05, 3.63) is 95.8 Å². The topological polar surface area (TPSA) is 89.4 Å². The van der Waals surface area contributed by atoms with Crippen molar-refractivity contribution < 1.29 is 22.4 Å². The molecule has 0 radical (unpaired) electrons. The number of halogens is 4. The van der Waals surface area contributed by atoms with Crippen LogP contribution in [0.15, 0.2) is 89.1 Å². The summed E-state index contributed by atoms with van der Waals surface area (Å²) in [5.74, 6) is 4.85. The van der Waals surface area contributed by atoms with Crippen molar-refractivity contribution in [3.63, 3.8) is 0 Å². The first-order valence-corrected chi connectivity index (χ1v) is 11.4. The fraction of sp³-hybridized carbons (Fsp3) is 0.0833. The van der Waals surface area contributed by atoms with Gasteiger partial charge in [0.05, 0.1) is 23.2 Å². The van der Waals surface area contributed by atoms with Crippen molar-refractivity contribution in [3.8, 4) is 11.4 Å². The highest BCUT2D eigenvalue weighted by Gasteiger charge is 2.31. The van der Waals surface area contributed by atoms with Gasteiger partial charge in [-0.1, -0.05) is 60.3 Å². The molecule has 184 valence electrons. The van der Waals surface area contributed by atoms with Crippen molar-refractivity contribution in [2.24, 2.45) is 5.10 Å². The number of anilines is 1. The Morgan fingerprint density at radius 1 is 1.03 bits per heavy atom. The lowest BCUT2D eigenvalue weighted by atomic mass is 10.2. The molecule has 0 fully saturated rings. The van der Waals surface area contributed by atoms with E-state index in [0.717, 1.165) is 33.6 Å². The molecule has 0 spiro atoms. The van der Waals surface area contributed by atoms with Gasteiger partial charge in [0, 0.05) is 5.56 Å². The third-order valence-electron chi connectivity index (χ3n) is 4.85. The van der Waals surface area contributed by atoms with Crippen LogP contribution in [0.2, 0.25) is 0 Å². The van der Waals surface area contributed by atoms with E-state index in [4.69, 9.17) is 5.84 Å². The maximum absolute atomic E-state index is 13.6. The van der Waals surface area contributed by atoms with E-state index in [2.05, 4.69) is 15.3 Å². The second kappa shape index (κ2) is 10.6. The zero-order chi connectivity index (χ0) is 25.7. The number of amides is 1. The van der Waals surface area contributed by atoms with Crippen LogP contribution in [0.5, 0.6) is 0 Å². The molecule has 4 rings (SSSR count). The van der Waals surface area contributed by atoms with Crippen molar-refractivity contribution in [1.82, 2.24) is 14.9 Å². The molecule has 0 saturated carbocycles. The highest BCUT2D eigenvalue weighted by molar-refractivity contribution is 7.99. The van der Waals surface area contributed by atoms with Crippen LogP contribution >= 0.6 is 11.8 Å². The summed E-state index contributed by atoms with van der Waals surface area (Å²) in [6.07, 6.45) is -3.22. The summed E-state index contributed by atoms with van der Waals surface area (Å²) in [5.41, 5.74) is 0.0664. The Labute approximate surface area is 207 Å². The number of nitrogens with zero attached hydrogens (tertiary/aromatic N) is 5. The van der Waals surface area contributed by atoms with Crippen molar-refractivity contribution in [2.45, 2.75) is 11.3 Å². The highest BCUT2D eigenvalue weighted by Crippen LogP contribution is 2.32. The fourth-order valence-corrected chi connectivity index (χ4v) is 3.84. The van der Waals surface area contributed by atoms with Gasteiger partial charge in [-0.2, -0.15) is 18.3 Å². The van der Waals surface area contributed by atoms with Crippen LogP contribution in [0.3, 0.4) is 0 Å². The van der Waals surface area contributed by atoms with E-state index in [1.54, 1.807) is 36.4 Å². The SMILES string of the molecule is Nn1c(SCC(=O)N(/N=C/c2ccccc2)c2cccc(C(F)(F)F)c2)nnc1-c1cccc(F)c1. The zero-order valence-electron chi connectivity index (χ0n) is 18.4. The van der Waals surface area contributed by atoms with E-state index in [-0.39, 0.29) is 22.4 Å². The largest absolute Gasteiger partial charge is 0.416 e. The van der Waals surface area contributed by atoms with Crippen LogP contribution in [0.1, 0.15) is 11.1 Å². The summed E-state index contributed by atoms with van der Waals surface area (Å²) in [4.78, 5) is 13.1. The molecule has 1 aromatic heterocycles. The monoisotopic (exact) mass is 514 g/mol. The predicted molar refractivity (Wildman–Crippen MR) is 129 cm³/mol. The molecule has 7 nitrogen and oxygen atoms in total. The summed E-state index contributed by atoms with van der Waals surface area (Å²) in [6, 6.07) is 18.7. The van der Waals surface area contributed by atoms with E-state index in [1.165, 1.54) is 36.5 Å². The van der Waals surface area contributed by atoms with Crippen LogP contribution in [0.4, 0.5) is 23.2 Å². The number of hydrazone groups is 1. The zero-order valence-corrected chi connectivity index (χ0v) is 19.2. The Morgan fingerprint density at radius 2 is 1.78 bits per heavy atom. The molecule has 0 aliphatic rings. The molecule has 36 heavy (non-hydrogen) atoms. The lowest BCUT2D eigenvalue weighted by molar-refractivity contribution is -0.137. The number of alkyl halides is 3. The van der Waals surface area contributed by atoms with E-state index >= 15 is 0 Å². The van der Waals surface area contributed by atoms with Gasteiger partial charge in [-0.05, 0) is 35.9 Å². The molecule has 12 heteroatoms. The molecule has 3 aromatic carbocycles. The first-order chi connectivity index (χ1) is 17.2. The number of hydrogen-bond donors (Lipinski definition) is 1. The minimum atomic E-state index is -4.59.